The zero-order chi connectivity index (χ0) is 15.3. The molecule has 0 aromatic carbocycles. The van der Waals surface area contributed by atoms with Gasteiger partial charge in [-0.25, -0.2) is 4.79 Å². The third-order valence-electron chi connectivity index (χ3n) is 3.36. The van der Waals surface area contributed by atoms with E-state index in [1.807, 2.05) is 44.8 Å². The third kappa shape index (κ3) is 6.09. The molecule has 1 amide bonds. The van der Waals surface area contributed by atoms with Crippen molar-refractivity contribution in [3.8, 4) is 0 Å². The topological polar surface area (TPSA) is 44.8 Å². The van der Waals surface area contributed by atoms with E-state index in [1.165, 1.54) is 6.42 Å². The van der Waals surface area contributed by atoms with Gasteiger partial charge in [-0.1, -0.05) is 0 Å². The van der Waals surface area contributed by atoms with E-state index in [1.54, 1.807) is 0 Å². The molecular formula is C15H31N3O2. The fourth-order valence-electron chi connectivity index (χ4n) is 2.71. The summed E-state index contributed by atoms with van der Waals surface area (Å²) in [5.41, 5.74) is 2.93. The molecule has 1 saturated heterocycles. The van der Waals surface area contributed by atoms with Gasteiger partial charge in [0.05, 0.1) is 0 Å². The van der Waals surface area contributed by atoms with Gasteiger partial charge in [0.1, 0.15) is 5.60 Å². The van der Waals surface area contributed by atoms with Crippen LogP contribution in [0.25, 0.3) is 0 Å². The Morgan fingerprint density at radius 1 is 1.40 bits per heavy atom. The lowest BCUT2D eigenvalue weighted by molar-refractivity contribution is 0.00707. The molecule has 0 bridgehead atoms. The summed E-state index contributed by atoms with van der Waals surface area (Å²) in [5.74, 6) is 0. The second kappa shape index (κ2) is 7.27. The Morgan fingerprint density at radius 2 is 2.05 bits per heavy atom. The number of carbonyl (C=O) groups excluding carboxylic acids is 1. The minimum absolute atomic E-state index is 0.167. The number of hydrazine groups is 1. The van der Waals surface area contributed by atoms with Crippen molar-refractivity contribution in [2.75, 3.05) is 20.6 Å². The molecule has 0 spiro atoms. The summed E-state index contributed by atoms with van der Waals surface area (Å²) in [4.78, 5) is 14.2. The monoisotopic (exact) mass is 285 g/mol. The lowest BCUT2D eigenvalue weighted by Gasteiger charge is -2.38. The van der Waals surface area contributed by atoms with Crippen LogP contribution in [0.15, 0.2) is 0 Å². The molecular weight excluding hydrogens is 254 g/mol. The molecule has 0 radical (unpaired) electrons. The number of rotatable bonds is 4. The number of hydrogen-bond donors (Lipinski definition) is 1. The fourth-order valence-corrected chi connectivity index (χ4v) is 2.71. The van der Waals surface area contributed by atoms with Crippen LogP contribution in [0.1, 0.15) is 53.4 Å². The number of likely N-dealkylation sites (tertiary alicyclic amines) is 1. The number of nitrogens with one attached hydrogen (secondary N) is 1. The van der Waals surface area contributed by atoms with Crippen LogP contribution >= 0.6 is 0 Å². The predicted molar refractivity (Wildman–Crippen MR) is 81.5 cm³/mol. The highest BCUT2D eigenvalue weighted by Crippen LogP contribution is 2.23. The molecule has 5 heteroatoms. The SMILES string of the molecule is CC(CC1CCCCN1C(=O)OC(C)(C)C)NN(C)C. The lowest BCUT2D eigenvalue weighted by Crippen LogP contribution is -2.49. The van der Waals surface area contributed by atoms with Crippen molar-refractivity contribution in [2.45, 2.75) is 71.1 Å². The van der Waals surface area contributed by atoms with Gasteiger partial charge in [0, 0.05) is 32.7 Å². The van der Waals surface area contributed by atoms with Crippen molar-refractivity contribution >= 4 is 6.09 Å². The van der Waals surface area contributed by atoms with Crippen LogP contribution in [0.3, 0.4) is 0 Å². The second-order valence-electron chi connectivity index (χ2n) is 6.98. The average molecular weight is 285 g/mol. The Labute approximate surface area is 123 Å². The first-order valence-corrected chi connectivity index (χ1v) is 7.62. The summed E-state index contributed by atoms with van der Waals surface area (Å²) in [6.07, 6.45) is 4.12. The highest BCUT2D eigenvalue weighted by atomic mass is 16.6. The predicted octanol–water partition coefficient (Wildman–Crippen LogP) is 2.62. The van der Waals surface area contributed by atoms with E-state index in [-0.39, 0.29) is 12.1 Å². The van der Waals surface area contributed by atoms with Crippen molar-refractivity contribution in [1.82, 2.24) is 15.3 Å². The van der Waals surface area contributed by atoms with Gasteiger partial charge in [0.15, 0.2) is 0 Å². The number of carbonyl (C=O) groups is 1. The Balaban J connectivity index is 2.60. The molecule has 118 valence electrons. The van der Waals surface area contributed by atoms with E-state index in [2.05, 4.69) is 12.3 Å². The minimum Gasteiger partial charge on any atom is -0.444 e. The van der Waals surface area contributed by atoms with Crippen LogP contribution in [-0.4, -0.2) is 54.3 Å². The maximum atomic E-state index is 12.3. The third-order valence-corrected chi connectivity index (χ3v) is 3.36. The smallest absolute Gasteiger partial charge is 0.410 e. The summed E-state index contributed by atoms with van der Waals surface area (Å²) in [7, 11) is 3.98. The van der Waals surface area contributed by atoms with Crippen molar-refractivity contribution in [3.63, 3.8) is 0 Å². The van der Waals surface area contributed by atoms with Crippen LogP contribution < -0.4 is 5.43 Å². The standard InChI is InChI=1S/C15H31N3O2/c1-12(16-17(5)6)11-13-9-7-8-10-18(13)14(19)20-15(2,3)4/h12-13,16H,7-11H2,1-6H3. The van der Waals surface area contributed by atoms with Gasteiger partial charge < -0.3 is 9.64 Å². The van der Waals surface area contributed by atoms with Crippen LogP contribution in [0, 0.1) is 0 Å². The van der Waals surface area contributed by atoms with E-state index in [0.29, 0.717) is 6.04 Å². The van der Waals surface area contributed by atoms with Crippen molar-refractivity contribution in [1.29, 1.82) is 0 Å². The normalized spacial score (nSPS) is 21.9. The van der Waals surface area contributed by atoms with Crippen molar-refractivity contribution in [2.24, 2.45) is 0 Å². The van der Waals surface area contributed by atoms with Crippen LogP contribution in [-0.2, 0) is 4.74 Å². The average Bonchev–Trinajstić information content (AvgIpc) is 2.25. The molecule has 1 rings (SSSR count). The summed E-state index contributed by atoms with van der Waals surface area (Å²) < 4.78 is 5.53. The quantitative estimate of drug-likeness (QED) is 0.807. The summed E-state index contributed by atoms with van der Waals surface area (Å²) in [6, 6.07) is 0.624. The Hall–Kier alpha value is -0.810. The van der Waals surface area contributed by atoms with Gasteiger partial charge in [-0.15, -0.1) is 0 Å². The van der Waals surface area contributed by atoms with E-state index in [0.717, 1.165) is 25.8 Å². The number of nitrogens with zero attached hydrogens (tertiary/aromatic N) is 2. The number of piperidine rings is 1. The lowest BCUT2D eigenvalue weighted by atomic mass is 9.97. The van der Waals surface area contributed by atoms with Gasteiger partial charge in [0.25, 0.3) is 0 Å². The first kappa shape index (κ1) is 17.2. The molecule has 1 heterocycles. The van der Waals surface area contributed by atoms with E-state index in [4.69, 9.17) is 4.74 Å². The van der Waals surface area contributed by atoms with E-state index in [9.17, 15) is 4.79 Å². The van der Waals surface area contributed by atoms with Gasteiger partial charge in [-0.3, -0.25) is 10.4 Å². The molecule has 1 aliphatic rings. The first-order valence-electron chi connectivity index (χ1n) is 7.62. The molecule has 0 aliphatic carbocycles. The summed E-state index contributed by atoms with van der Waals surface area (Å²) in [5, 5.41) is 1.96. The largest absolute Gasteiger partial charge is 0.444 e. The molecule has 2 unspecified atom stereocenters. The highest BCUT2D eigenvalue weighted by Gasteiger charge is 2.31. The molecule has 0 aromatic rings. The van der Waals surface area contributed by atoms with Crippen molar-refractivity contribution in [3.05, 3.63) is 0 Å². The van der Waals surface area contributed by atoms with E-state index >= 15 is 0 Å². The summed E-state index contributed by atoms with van der Waals surface area (Å²) in [6.45, 7) is 8.72. The maximum Gasteiger partial charge on any atom is 0.410 e. The second-order valence-corrected chi connectivity index (χ2v) is 6.98. The Kier molecular flexibility index (Phi) is 6.27. The van der Waals surface area contributed by atoms with Crippen LogP contribution in [0.4, 0.5) is 4.79 Å². The first-order chi connectivity index (χ1) is 9.19. The Bertz CT molecular complexity index is 313. The molecule has 20 heavy (non-hydrogen) atoms. The molecule has 0 aromatic heterocycles. The van der Waals surface area contributed by atoms with Crippen molar-refractivity contribution < 1.29 is 9.53 Å². The van der Waals surface area contributed by atoms with Gasteiger partial charge in [0.2, 0.25) is 0 Å². The zero-order valence-corrected chi connectivity index (χ0v) is 13.9. The van der Waals surface area contributed by atoms with E-state index < -0.39 is 5.60 Å². The van der Waals surface area contributed by atoms with Crippen LogP contribution in [0.2, 0.25) is 0 Å². The number of hydrogen-bond acceptors (Lipinski definition) is 4. The molecule has 1 aliphatic heterocycles. The Morgan fingerprint density at radius 3 is 2.60 bits per heavy atom. The molecule has 1 N–H and O–H groups in total. The van der Waals surface area contributed by atoms with Gasteiger partial charge in [-0.05, 0) is 53.4 Å². The molecule has 5 nitrogen and oxygen atoms in total. The molecule has 2 atom stereocenters. The maximum absolute atomic E-state index is 12.3. The molecule has 0 saturated carbocycles. The van der Waals surface area contributed by atoms with Crippen LogP contribution in [0.5, 0.6) is 0 Å². The minimum atomic E-state index is -0.424. The van der Waals surface area contributed by atoms with Gasteiger partial charge >= 0.3 is 6.09 Å². The number of amides is 1. The zero-order valence-electron chi connectivity index (χ0n) is 13.9. The van der Waals surface area contributed by atoms with Gasteiger partial charge in [-0.2, -0.15) is 0 Å². The number of ether oxygens (including phenoxy) is 1. The highest BCUT2D eigenvalue weighted by molar-refractivity contribution is 5.68. The molecule has 1 fully saturated rings. The summed E-state index contributed by atoms with van der Waals surface area (Å²) >= 11 is 0. The fraction of sp³-hybridized carbons (Fsp3) is 0.933.